The van der Waals surface area contributed by atoms with Crippen LogP contribution in [-0.2, 0) is 6.42 Å². The Labute approximate surface area is 71.4 Å². The average molecular weight is 167 g/mol. The molecule has 12 heavy (non-hydrogen) atoms. The summed E-state index contributed by atoms with van der Waals surface area (Å²) in [5, 5.41) is 0. The number of hydrogen-bond acceptors (Lipinski definition) is 1. The van der Waals surface area contributed by atoms with Crippen molar-refractivity contribution >= 4 is 0 Å². The summed E-state index contributed by atoms with van der Waals surface area (Å²) in [6, 6.07) is 6.07. The van der Waals surface area contributed by atoms with Gasteiger partial charge in [-0.15, -0.1) is 0 Å². The van der Waals surface area contributed by atoms with Gasteiger partial charge < -0.3 is 5.73 Å². The van der Waals surface area contributed by atoms with Gasteiger partial charge in [0, 0.05) is 12.6 Å². The average Bonchev–Trinajstić information content (AvgIpc) is 2.09. The fraction of sp³-hybridized carbons (Fsp3) is 0.333. The van der Waals surface area contributed by atoms with E-state index in [4.69, 9.17) is 11.5 Å². The van der Waals surface area contributed by atoms with Crippen LogP contribution < -0.4 is 11.5 Å². The lowest BCUT2D eigenvalue weighted by Crippen LogP contribution is -2.27. The summed E-state index contributed by atoms with van der Waals surface area (Å²) in [4.78, 5) is 0. The van der Waals surface area contributed by atoms with Crippen molar-refractivity contribution in [3.63, 3.8) is 0 Å². The molecule has 0 aliphatic rings. The molecule has 1 aromatic rings. The molecule has 0 aromatic heterocycles. The van der Waals surface area contributed by atoms with E-state index in [1.54, 1.807) is 12.1 Å². The summed E-state index contributed by atoms with van der Waals surface area (Å²) >= 11 is 0. The van der Waals surface area contributed by atoms with Gasteiger partial charge in [0.05, 0.1) is 0 Å². The fourth-order valence-corrected chi connectivity index (χ4v) is 0.995. The zero-order valence-corrected chi connectivity index (χ0v) is 6.76. The van der Waals surface area contributed by atoms with Crippen LogP contribution in [0.4, 0.5) is 4.39 Å². The first-order chi connectivity index (χ1) is 5.72. The first-order valence-electron chi connectivity index (χ1n) is 3.87. The van der Waals surface area contributed by atoms with Crippen LogP contribution in [0.1, 0.15) is 5.56 Å². The van der Waals surface area contributed by atoms with Gasteiger partial charge in [-0.25, -0.2) is 4.39 Å². The molecule has 0 aliphatic heterocycles. The zero-order chi connectivity index (χ0) is 8.97. The van der Waals surface area contributed by atoms with Crippen molar-refractivity contribution in [3.8, 4) is 0 Å². The standard InChI is InChI=1S/C9H12FN2/c10-8-3-1-7(2-4-8)5-9(12)6-11/h1-4,9,11H,5-6,12H2. The van der Waals surface area contributed by atoms with Gasteiger partial charge in [-0.3, -0.25) is 5.73 Å². The normalized spacial score (nSPS) is 12.9. The van der Waals surface area contributed by atoms with Gasteiger partial charge in [0.15, 0.2) is 0 Å². The molecular formula is C9H12FN2. The van der Waals surface area contributed by atoms with Crippen LogP contribution in [-0.4, -0.2) is 12.6 Å². The number of benzene rings is 1. The first kappa shape index (κ1) is 9.16. The van der Waals surface area contributed by atoms with Gasteiger partial charge in [-0.1, -0.05) is 12.1 Å². The van der Waals surface area contributed by atoms with E-state index in [1.807, 2.05) is 0 Å². The maximum Gasteiger partial charge on any atom is 0.123 e. The second-order valence-electron chi connectivity index (χ2n) is 2.79. The van der Waals surface area contributed by atoms with E-state index in [1.165, 1.54) is 12.1 Å². The van der Waals surface area contributed by atoms with E-state index in [0.717, 1.165) is 5.56 Å². The van der Waals surface area contributed by atoms with Crippen LogP contribution in [0.3, 0.4) is 0 Å². The van der Waals surface area contributed by atoms with Gasteiger partial charge in [-0.2, -0.15) is 0 Å². The lowest BCUT2D eigenvalue weighted by molar-refractivity contribution is 0.624. The minimum absolute atomic E-state index is 0.143. The second-order valence-corrected chi connectivity index (χ2v) is 2.79. The van der Waals surface area contributed by atoms with Crippen molar-refractivity contribution in [3.05, 3.63) is 35.6 Å². The lowest BCUT2D eigenvalue weighted by Gasteiger charge is -2.07. The number of rotatable bonds is 3. The van der Waals surface area contributed by atoms with Crippen molar-refractivity contribution in [1.29, 1.82) is 0 Å². The molecule has 0 fully saturated rings. The summed E-state index contributed by atoms with van der Waals surface area (Å²) in [5.41, 5.74) is 13.5. The van der Waals surface area contributed by atoms with E-state index < -0.39 is 0 Å². The Morgan fingerprint density at radius 1 is 1.33 bits per heavy atom. The molecule has 1 rings (SSSR count). The molecule has 1 radical (unpaired) electrons. The highest BCUT2D eigenvalue weighted by Gasteiger charge is 2.01. The summed E-state index contributed by atoms with van der Waals surface area (Å²) in [7, 11) is 0. The van der Waals surface area contributed by atoms with E-state index in [2.05, 4.69) is 0 Å². The molecule has 0 heterocycles. The largest absolute Gasteiger partial charge is 0.326 e. The van der Waals surface area contributed by atoms with Crippen LogP contribution >= 0.6 is 0 Å². The van der Waals surface area contributed by atoms with E-state index in [-0.39, 0.29) is 18.4 Å². The zero-order valence-electron chi connectivity index (χ0n) is 6.76. The fourth-order valence-electron chi connectivity index (χ4n) is 0.995. The van der Waals surface area contributed by atoms with Crippen molar-refractivity contribution in [2.24, 2.45) is 5.73 Å². The van der Waals surface area contributed by atoms with Gasteiger partial charge in [0.1, 0.15) is 5.82 Å². The number of hydrogen-bond donors (Lipinski definition) is 1. The smallest absolute Gasteiger partial charge is 0.123 e. The van der Waals surface area contributed by atoms with Crippen molar-refractivity contribution in [2.75, 3.05) is 6.54 Å². The highest BCUT2D eigenvalue weighted by Crippen LogP contribution is 2.04. The Bertz CT molecular complexity index is 233. The molecule has 1 aromatic carbocycles. The summed E-state index contributed by atoms with van der Waals surface area (Å²) in [5.74, 6) is -0.238. The maximum atomic E-state index is 12.4. The molecule has 0 aliphatic carbocycles. The summed E-state index contributed by atoms with van der Waals surface area (Å²) in [6.07, 6.45) is 0.643. The molecule has 1 atom stereocenters. The number of halogens is 1. The van der Waals surface area contributed by atoms with Crippen LogP contribution in [0.15, 0.2) is 24.3 Å². The maximum absolute atomic E-state index is 12.4. The van der Waals surface area contributed by atoms with Crippen LogP contribution in [0.5, 0.6) is 0 Å². The van der Waals surface area contributed by atoms with Crippen molar-refractivity contribution in [1.82, 2.24) is 5.73 Å². The molecule has 0 spiro atoms. The van der Waals surface area contributed by atoms with Crippen LogP contribution in [0, 0.1) is 5.82 Å². The number of nitrogens with one attached hydrogen (secondary N) is 1. The van der Waals surface area contributed by atoms with E-state index >= 15 is 0 Å². The second kappa shape index (κ2) is 4.18. The Hall–Kier alpha value is -0.930. The Kier molecular flexibility index (Phi) is 3.19. The Morgan fingerprint density at radius 2 is 1.92 bits per heavy atom. The SMILES string of the molecule is [NH]CC(N)Cc1ccc(F)cc1. The quantitative estimate of drug-likeness (QED) is 0.716. The van der Waals surface area contributed by atoms with Gasteiger partial charge in [0.2, 0.25) is 0 Å². The third kappa shape index (κ3) is 2.60. The van der Waals surface area contributed by atoms with E-state index in [0.29, 0.717) is 6.42 Å². The molecule has 0 amide bonds. The molecular weight excluding hydrogens is 155 g/mol. The Balaban J connectivity index is 2.58. The van der Waals surface area contributed by atoms with Crippen molar-refractivity contribution in [2.45, 2.75) is 12.5 Å². The molecule has 65 valence electrons. The predicted octanol–water partition coefficient (Wildman–Crippen LogP) is 0.978. The summed E-state index contributed by atoms with van der Waals surface area (Å²) < 4.78 is 12.4. The van der Waals surface area contributed by atoms with Crippen LogP contribution in [0.25, 0.3) is 0 Å². The molecule has 0 saturated carbocycles. The minimum Gasteiger partial charge on any atom is -0.326 e. The highest BCUT2D eigenvalue weighted by atomic mass is 19.1. The third-order valence-electron chi connectivity index (χ3n) is 1.67. The van der Waals surface area contributed by atoms with Gasteiger partial charge in [-0.05, 0) is 24.1 Å². The molecule has 0 bridgehead atoms. The highest BCUT2D eigenvalue weighted by molar-refractivity contribution is 5.17. The molecule has 0 saturated heterocycles. The Morgan fingerprint density at radius 3 is 2.42 bits per heavy atom. The first-order valence-corrected chi connectivity index (χ1v) is 3.87. The number of nitrogens with two attached hydrogens (primary N) is 1. The van der Waals surface area contributed by atoms with Crippen molar-refractivity contribution < 1.29 is 4.39 Å². The van der Waals surface area contributed by atoms with Crippen LogP contribution in [0.2, 0.25) is 0 Å². The summed E-state index contributed by atoms with van der Waals surface area (Å²) in [6.45, 7) is 0.206. The predicted molar refractivity (Wildman–Crippen MR) is 46.0 cm³/mol. The molecule has 1 unspecified atom stereocenters. The van der Waals surface area contributed by atoms with Gasteiger partial charge >= 0.3 is 0 Å². The van der Waals surface area contributed by atoms with Gasteiger partial charge in [0.25, 0.3) is 0 Å². The monoisotopic (exact) mass is 167 g/mol. The molecule has 3 N–H and O–H groups in total. The topological polar surface area (TPSA) is 49.8 Å². The molecule has 3 heteroatoms. The third-order valence-corrected chi connectivity index (χ3v) is 1.67. The molecule has 2 nitrogen and oxygen atoms in total. The lowest BCUT2D eigenvalue weighted by atomic mass is 10.1. The minimum atomic E-state index is -0.238. The van der Waals surface area contributed by atoms with E-state index in [9.17, 15) is 4.39 Å².